The Morgan fingerprint density at radius 1 is 1.25 bits per heavy atom. The van der Waals surface area contributed by atoms with Crippen molar-refractivity contribution in [3.05, 3.63) is 30.3 Å². The molecule has 1 heterocycles. The second-order valence-corrected chi connectivity index (χ2v) is 7.52. The van der Waals surface area contributed by atoms with Crippen molar-refractivity contribution in [1.29, 1.82) is 0 Å². The van der Waals surface area contributed by atoms with Crippen LogP contribution in [0.15, 0.2) is 30.3 Å². The van der Waals surface area contributed by atoms with E-state index in [9.17, 15) is 4.79 Å². The molecule has 0 N–H and O–H groups in total. The Hall–Kier alpha value is -1.06. The standard InChI is InChI=1S/C20H29NO2.ClH/c1-4-20(2)14-17(16-12-8-9-13-18(16)21(20)3)19(22)23-15-10-6-5-7-11-15;/h5-7,10-11,16-18H,4,8-9,12-14H2,1-3H3;1H/t16-,17+,18+,20-;/m0./s1. The summed E-state index contributed by atoms with van der Waals surface area (Å²) in [5, 5.41) is 0. The van der Waals surface area contributed by atoms with E-state index >= 15 is 0 Å². The van der Waals surface area contributed by atoms with E-state index in [4.69, 9.17) is 4.74 Å². The summed E-state index contributed by atoms with van der Waals surface area (Å²) in [6.07, 6.45) is 6.88. The van der Waals surface area contributed by atoms with Crippen molar-refractivity contribution in [2.45, 2.75) is 64.0 Å². The average molecular weight is 352 g/mol. The number of fused-ring (bicyclic) bond motifs is 1. The first-order valence-electron chi connectivity index (χ1n) is 9.05. The molecule has 0 spiro atoms. The van der Waals surface area contributed by atoms with Gasteiger partial charge in [0.05, 0.1) is 5.92 Å². The van der Waals surface area contributed by atoms with Crippen molar-refractivity contribution < 1.29 is 9.53 Å². The van der Waals surface area contributed by atoms with Gasteiger partial charge in [-0.2, -0.15) is 0 Å². The summed E-state index contributed by atoms with van der Waals surface area (Å²) in [4.78, 5) is 15.5. The summed E-state index contributed by atoms with van der Waals surface area (Å²) < 4.78 is 5.72. The molecule has 0 aromatic heterocycles. The maximum Gasteiger partial charge on any atom is 0.314 e. The van der Waals surface area contributed by atoms with Crippen molar-refractivity contribution in [2.75, 3.05) is 7.05 Å². The van der Waals surface area contributed by atoms with Crippen LogP contribution in [0.5, 0.6) is 5.75 Å². The number of nitrogens with zero attached hydrogens (tertiary/aromatic N) is 1. The van der Waals surface area contributed by atoms with E-state index in [1.807, 2.05) is 30.3 Å². The predicted octanol–water partition coefficient (Wildman–Crippen LogP) is 4.69. The largest absolute Gasteiger partial charge is 0.426 e. The number of carbonyl (C=O) groups excluding carboxylic acids is 1. The topological polar surface area (TPSA) is 29.5 Å². The quantitative estimate of drug-likeness (QED) is 0.584. The number of carbonyl (C=O) groups is 1. The molecule has 0 radical (unpaired) electrons. The Bertz CT molecular complexity index is 550. The fourth-order valence-electron chi connectivity index (χ4n) is 4.59. The molecule has 2 fully saturated rings. The molecule has 1 aliphatic heterocycles. The summed E-state index contributed by atoms with van der Waals surface area (Å²) in [7, 11) is 2.26. The molecule has 4 heteroatoms. The van der Waals surface area contributed by atoms with Crippen molar-refractivity contribution in [1.82, 2.24) is 4.90 Å². The molecular formula is C20H30ClNO2. The van der Waals surface area contributed by atoms with Crippen molar-refractivity contribution in [2.24, 2.45) is 11.8 Å². The van der Waals surface area contributed by atoms with Crippen LogP contribution in [0, 0.1) is 11.8 Å². The first-order chi connectivity index (χ1) is 11.0. The van der Waals surface area contributed by atoms with Crippen LogP contribution in [-0.4, -0.2) is 29.5 Å². The maximum absolute atomic E-state index is 12.9. The van der Waals surface area contributed by atoms with Crippen LogP contribution in [0.3, 0.4) is 0 Å². The molecular weight excluding hydrogens is 322 g/mol. The summed E-state index contributed by atoms with van der Waals surface area (Å²) in [6, 6.07) is 10.0. The number of rotatable bonds is 3. The number of hydrogen-bond donors (Lipinski definition) is 0. The predicted molar refractivity (Wildman–Crippen MR) is 99.6 cm³/mol. The second kappa shape index (κ2) is 7.88. The fourth-order valence-corrected chi connectivity index (χ4v) is 4.59. The lowest BCUT2D eigenvalue weighted by Crippen LogP contribution is -2.61. The van der Waals surface area contributed by atoms with Crippen LogP contribution in [0.1, 0.15) is 52.4 Å². The van der Waals surface area contributed by atoms with E-state index in [-0.39, 0.29) is 29.8 Å². The molecule has 134 valence electrons. The number of hydrogen-bond acceptors (Lipinski definition) is 3. The average Bonchev–Trinajstić information content (AvgIpc) is 2.59. The highest BCUT2D eigenvalue weighted by Crippen LogP contribution is 2.46. The maximum atomic E-state index is 12.9. The molecule has 1 aromatic rings. The molecule has 0 amide bonds. The fraction of sp³-hybridized carbons (Fsp3) is 0.650. The third kappa shape index (κ3) is 3.62. The molecule has 1 aliphatic carbocycles. The minimum Gasteiger partial charge on any atom is -0.426 e. The lowest BCUT2D eigenvalue weighted by molar-refractivity contribution is -0.151. The minimum absolute atomic E-state index is 0. The summed E-state index contributed by atoms with van der Waals surface area (Å²) in [5.41, 5.74) is 0.0961. The smallest absolute Gasteiger partial charge is 0.314 e. The third-order valence-corrected chi connectivity index (χ3v) is 6.33. The summed E-state index contributed by atoms with van der Waals surface area (Å²) in [6.45, 7) is 4.54. The van der Waals surface area contributed by atoms with Gasteiger partial charge >= 0.3 is 5.97 Å². The van der Waals surface area contributed by atoms with E-state index in [2.05, 4.69) is 25.8 Å². The Labute approximate surface area is 152 Å². The molecule has 24 heavy (non-hydrogen) atoms. The molecule has 3 nitrogen and oxygen atoms in total. The van der Waals surface area contributed by atoms with Crippen molar-refractivity contribution >= 4 is 18.4 Å². The van der Waals surface area contributed by atoms with E-state index < -0.39 is 0 Å². The minimum atomic E-state index is -0.0270. The lowest BCUT2D eigenvalue weighted by atomic mass is 9.66. The van der Waals surface area contributed by atoms with Gasteiger partial charge in [-0.25, -0.2) is 0 Å². The van der Waals surface area contributed by atoms with Crippen LogP contribution in [0.4, 0.5) is 0 Å². The highest BCUT2D eigenvalue weighted by Gasteiger charge is 2.50. The van der Waals surface area contributed by atoms with Gasteiger partial charge in [0.2, 0.25) is 0 Å². The van der Waals surface area contributed by atoms with Gasteiger partial charge in [0.1, 0.15) is 5.75 Å². The van der Waals surface area contributed by atoms with Gasteiger partial charge in [0, 0.05) is 11.6 Å². The lowest BCUT2D eigenvalue weighted by Gasteiger charge is -2.55. The number of likely N-dealkylation sites (tertiary alicyclic amines) is 1. The van der Waals surface area contributed by atoms with Crippen LogP contribution < -0.4 is 4.74 Å². The molecule has 1 saturated carbocycles. The number of para-hydroxylation sites is 1. The van der Waals surface area contributed by atoms with Gasteiger partial charge in [-0.15, -0.1) is 12.4 Å². The highest BCUT2D eigenvalue weighted by atomic mass is 35.5. The van der Waals surface area contributed by atoms with Crippen LogP contribution >= 0.6 is 12.4 Å². The first kappa shape index (κ1) is 19.3. The number of halogens is 1. The zero-order valence-corrected chi connectivity index (χ0v) is 15.8. The van der Waals surface area contributed by atoms with E-state index in [0.29, 0.717) is 17.7 Å². The molecule has 0 unspecified atom stereocenters. The van der Waals surface area contributed by atoms with Crippen LogP contribution in [0.2, 0.25) is 0 Å². The highest BCUT2D eigenvalue weighted by molar-refractivity contribution is 5.85. The van der Waals surface area contributed by atoms with Gasteiger partial charge in [0.15, 0.2) is 0 Å². The van der Waals surface area contributed by atoms with E-state index in [1.54, 1.807) is 0 Å². The Kier molecular flexibility index (Phi) is 6.33. The molecule has 2 aliphatic rings. The third-order valence-electron chi connectivity index (χ3n) is 6.33. The zero-order chi connectivity index (χ0) is 16.4. The van der Waals surface area contributed by atoms with Gasteiger partial charge in [-0.3, -0.25) is 9.69 Å². The van der Waals surface area contributed by atoms with Gasteiger partial charge in [0.25, 0.3) is 0 Å². The number of ether oxygens (including phenoxy) is 1. The van der Waals surface area contributed by atoms with Crippen LogP contribution in [-0.2, 0) is 4.79 Å². The number of benzene rings is 1. The van der Waals surface area contributed by atoms with Gasteiger partial charge in [-0.1, -0.05) is 38.0 Å². The van der Waals surface area contributed by atoms with Gasteiger partial charge < -0.3 is 4.74 Å². The normalized spacial score (nSPS) is 33.2. The van der Waals surface area contributed by atoms with E-state index in [1.165, 1.54) is 19.3 Å². The molecule has 3 rings (SSSR count). The van der Waals surface area contributed by atoms with Gasteiger partial charge in [-0.05, 0) is 57.7 Å². The SMILES string of the molecule is CC[C@@]1(C)C[C@@H](C(=O)Oc2ccccc2)[C@@H]2CCCC[C@H]2N1C.Cl. The zero-order valence-electron chi connectivity index (χ0n) is 15.0. The second-order valence-electron chi connectivity index (χ2n) is 7.52. The Morgan fingerprint density at radius 3 is 2.58 bits per heavy atom. The molecule has 1 aromatic carbocycles. The van der Waals surface area contributed by atoms with Crippen molar-refractivity contribution in [3.63, 3.8) is 0 Å². The van der Waals surface area contributed by atoms with E-state index in [0.717, 1.165) is 19.3 Å². The number of piperidine rings is 1. The Morgan fingerprint density at radius 2 is 1.92 bits per heavy atom. The summed E-state index contributed by atoms with van der Waals surface area (Å²) >= 11 is 0. The first-order valence-corrected chi connectivity index (χ1v) is 9.05. The van der Waals surface area contributed by atoms with Crippen molar-refractivity contribution in [3.8, 4) is 5.75 Å². The Balaban J connectivity index is 0.00000208. The molecule has 4 atom stereocenters. The summed E-state index contributed by atoms with van der Waals surface area (Å²) in [5.74, 6) is 1.12. The molecule has 0 bridgehead atoms. The monoisotopic (exact) mass is 351 g/mol. The number of esters is 1. The van der Waals surface area contributed by atoms with Crippen LogP contribution in [0.25, 0.3) is 0 Å². The molecule has 1 saturated heterocycles.